The molecule has 3 aliphatic heterocycles. The number of aliphatic hydroxyl groups is 1. The first-order valence-electron chi connectivity index (χ1n) is 10.2. The molecule has 0 unspecified atom stereocenters. The van der Waals surface area contributed by atoms with Crippen LogP contribution in [0.2, 0.25) is 0 Å². The van der Waals surface area contributed by atoms with Crippen LogP contribution in [0, 0.1) is 0 Å². The molecule has 0 bridgehead atoms. The highest BCUT2D eigenvalue weighted by atomic mass is 16.3. The number of piperidine rings is 2. The van der Waals surface area contributed by atoms with E-state index in [0.717, 1.165) is 65.0 Å². The molecule has 3 saturated heterocycles. The zero-order valence-electron chi connectivity index (χ0n) is 15.6. The Morgan fingerprint density at radius 2 is 2.00 bits per heavy atom. The monoisotopic (exact) mass is 361 g/mol. The summed E-state index contributed by atoms with van der Waals surface area (Å²) in [6, 6.07) is 3.80. The van der Waals surface area contributed by atoms with Gasteiger partial charge >= 0.3 is 0 Å². The molecule has 0 spiro atoms. The quantitative estimate of drug-likeness (QED) is 0.890. The summed E-state index contributed by atoms with van der Waals surface area (Å²) in [7, 11) is 0. The molecular formula is C20H31N3O3. The van der Waals surface area contributed by atoms with Crippen molar-refractivity contribution in [3.63, 3.8) is 0 Å². The van der Waals surface area contributed by atoms with Crippen molar-refractivity contribution in [3.8, 4) is 0 Å². The van der Waals surface area contributed by atoms with Crippen molar-refractivity contribution in [3.05, 3.63) is 24.2 Å². The summed E-state index contributed by atoms with van der Waals surface area (Å²) in [4.78, 5) is 19.3. The maximum atomic E-state index is 12.5. The van der Waals surface area contributed by atoms with E-state index in [1.165, 1.54) is 12.8 Å². The number of carbonyl (C=O) groups excluding carboxylic acids is 1. The summed E-state index contributed by atoms with van der Waals surface area (Å²) in [5.41, 5.74) is -0.598. The zero-order valence-corrected chi connectivity index (χ0v) is 15.6. The highest BCUT2D eigenvalue weighted by Gasteiger charge is 2.44. The van der Waals surface area contributed by atoms with E-state index in [-0.39, 0.29) is 5.91 Å². The second-order valence-corrected chi connectivity index (χ2v) is 8.15. The molecule has 1 N–H and O–H groups in total. The Morgan fingerprint density at radius 3 is 2.85 bits per heavy atom. The van der Waals surface area contributed by atoms with E-state index >= 15 is 0 Å². The van der Waals surface area contributed by atoms with Crippen molar-refractivity contribution in [1.29, 1.82) is 0 Å². The van der Waals surface area contributed by atoms with Crippen LogP contribution in [-0.2, 0) is 0 Å². The number of furan rings is 1. The van der Waals surface area contributed by atoms with Crippen molar-refractivity contribution >= 4 is 5.91 Å². The van der Waals surface area contributed by atoms with Crippen molar-refractivity contribution in [2.45, 2.75) is 50.2 Å². The van der Waals surface area contributed by atoms with Gasteiger partial charge in [0.1, 0.15) is 0 Å². The summed E-state index contributed by atoms with van der Waals surface area (Å²) < 4.78 is 5.26. The molecule has 2 atom stereocenters. The van der Waals surface area contributed by atoms with Crippen molar-refractivity contribution < 1.29 is 14.3 Å². The minimum atomic E-state index is -0.598. The molecule has 144 valence electrons. The van der Waals surface area contributed by atoms with E-state index in [4.69, 9.17) is 4.42 Å². The van der Waals surface area contributed by atoms with Crippen LogP contribution in [-0.4, -0.2) is 83.2 Å². The Hall–Kier alpha value is -1.37. The van der Waals surface area contributed by atoms with Crippen LogP contribution in [0.4, 0.5) is 0 Å². The predicted octanol–water partition coefficient (Wildman–Crippen LogP) is 1.81. The Bertz CT molecular complexity index is 603. The lowest BCUT2D eigenvalue weighted by Crippen LogP contribution is -2.62. The third-order valence-electron chi connectivity index (χ3n) is 6.39. The van der Waals surface area contributed by atoms with Gasteiger partial charge in [-0.25, -0.2) is 0 Å². The molecule has 3 fully saturated rings. The topological polar surface area (TPSA) is 60.2 Å². The lowest BCUT2D eigenvalue weighted by atomic mass is 9.79. The molecule has 1 aromatic rings. The predicted molar refractivity (Wildman–Crippen MR) is 99.1 cm³/mol. The normalized spacial score (nSPS) is 31.4. The van der Waals surface area contributed by atoms with Crippen LogP contribution in [0.25, 0.3) is 0 Å². The maximum absolute atomic E-state index is 12.5. The Labute approximate surface area is 155 Å². The van der Waals surface area contributed by atoms with Gasteiger partial charge in [0.15, 0.2) is 5.76 Å². The fourth-order valence-corrected chi connectivity index (χ4v) is 5.08. The van der Waals surface area contributed by atoms with Gasteiger partial charge < -0.3 is 14.4 Å². The summed E-state index contributed by atoms with van der Waals surface area (Å²) >= 11 is 0. The van der Waals surface area contributed by atoms with Crippen LogP contribution in [0.3, 0.4) is 0 Å². The summed E-state index contributed by atoms with van der Waals surface area (Å²) in [5, 5.41) is 11.5. The number of hydrogen-bond donors (Lipinski definition) is 1. The first kappa shape index (κ1) is 18.0. The fraction of sp³-hybridized carbons (Fsp3) is 0.750. The van der Waals surface area contributed by atoms with E-state index in [2.05, 4.69) is 9.80 Å². The van der Waals surface area contributed by atoms with E-state index in [1.54, 1.807) is 18.4 Å². The molecule has 0 aromatic carbocycles. The Balaban J connectivity index is 1.37. The van der Waals surface area contributed by atoms with Crippen LogP contribution in [0.1, 0.15) is 49.1 Å². The first-order chi connectivity index (χ1) is 12.7. The average Bonchev–Trinajstić information content (AvgIpc) is 3.09. The summed E-state index contributed by atoms with van der Waals surface area (Å²) in [5.74, 6) is 0.397. The van der Waals surface area contributed by atoms with Gasteiger partial charge in [0.05, 0.1) is 11.9 Å². The lowest BCUT2D eigenvalue weighted by Gasteiger charge is -2.50. The largest absolute Gasteiger partial charge is 0.459 e. The minimum absolute atomic E-state index is 0.0216. The van der Waals surface area contributed by atoms with E-state index < -0.39 is 5.60 Å². The molecule has 0 radical (unpaired) electrons. The number of nitrogens with zero attached hydrogens (tertiary/aromatic N) is 3. The molecule has 6 heteroatoms. The molecule has 4 heterocycles. The van der Waals surface area contributed by atoms with Gasteiger partial charge in [-0.15, -0.1) is 0 Å². The first-order valence-corrected chi connectivity index (χ1v) is 10.2. The summed E-state index contributed by atoms with van der Waals surface area (Å²) in [6.07, 6.45) is 8.09. The zero-order chi connectivity index (χ0) is 18.0. The number of hydrogen-bond acceptors (Lipinski definition) is 5. The number of amides is 1. The molecule has 3 aliphatic rings. The highest BCUT2D eigenvalue weighted by molar-refractivity contribution is 5.91. The van der Waals surface area contributed by atoms with Crippen LogP contribution in [0.5, 0.6) is 0 Å². The Kier molecular flexibility index (Phi) is 5.34. The molecule has 0 saturated carbocycles. The van der Waals surface area contributed by atoms with Crippen LogP contribution in [0.15, 0.2) is 22.8 Å². The van der Waals surface area contributed by atoms with Gasteiger partial charge in [0, 0.05) is 38.8 Å². The summed E-state index contributed by atoms with van der Waals surface area (Å²) in [6.45, 7) is 6.22. The molecule has 26 heavy (non-hydrogen) atoms. The fourth-order valence-electron chi connectivity index (χ4n) is 5.08. The van der Waals surface area contributed by atoms with Crippen molar-refractivity contribution in [2.75, 3.05) is 45.8 Å². The van der Waals surface area contributed by atoms with Gasteiger partial charge in [0.2, 0.25) is 0 Å². The SMILES string of the molecule is O=C(c1ccco1)N1CCCN(C[C@]2(O)CCCN3CCCC[C@@H]32)CC1. The third-order valence-corrected chi connectivity index (χ3v) is 6.39. The molecule has 0 aliphatic carbocycles. The molecule has 1 aromatic heterocycles. The van der Waals surface area contributed by atoms with Gasteiger partial charge in [-0.3, -0.25) is 14.6 Å². The second-order valence-electron chi connectivity index (χ2n) is 8.15. The average molecular weight is 361 g/mol. The number of carbonyl (C=O) groups is 1. The lowest BCUT2D eigenvalue weighted by molar-refractivity contribution is -0.108. The van der Waals surface area contributed by atoms with Gasteiger partial charge in [-0.2, -0.15) is 0 Å². The molecule has 6 nitrogen and oxygen atoms in total. The third kappa shape index (κ3) is 3.68. The van der Waals surface area contributed by atoms with Crippen LogP contribution >= 0.6 is 0 Å². The van der Waals surface area contributed by atoms with Gasteiger partial charge in [-0.05, 0) is 57.3 Å². The highest BCUT2D eigenvalue weighted by Crippen LogP contribution is 2.34. The molecule has 1 amide bonds. The van der Waals surface area contributed by atoms with Crippen molar-refractivity contribution in [1.82, 2.24) is 14.7 Å². The van der Waals surface area contributed by atoms with Gasteiger partial charge in [-0.1, -0.05) is 6.42 Å². The number of rotatable bonds is 3. The molecule has 4 rings (SSSR count). The second kappa shape index (κ2) is 7.71. The van der Waals surface area contributed by atoms with Crippen molar-refractivity contribution in [2.24, 2.45) is 0 Å². The standard InChI is InChI=1S/C20H31N3O3/c24-19(17-6-3-15-26-17)23-12-5-9-21(13-14-23)16-20(25)8-4-11-22-10-2-1-7-18(20)22/h3,6,15,18,25H,1-2,4-5,7-14,16H2/t18-,20-/m1/s1. The van der Waals surface area contributed by atoms with E-state index in [0.29, 0.717) is 18.3 Å². The van der Waals surface area contributed by atoms with E-state index in [1.807, 2.05) is 4.90 Å². The van der Waals surface area contributed by atoms with Crippen LogP contribution < -0.4 is 0 Å². The maximum Gasteiger partial charge on any atom is 0.289 e. The smallest absolute Gasteiger partial charge is 0.289 e. The number of fused-ring (bicyclic) bond motifs is 1. The number of β-amino-alcohol motifs (C(OH)–C–C–N with tert-alkyl or cyclic N) is 1. The minimum Gasteiger partial charge on any atom is -0.459 e. The van der Waals surface area contributed by atoms with E-state index in [9.17, 15) is 9.90 Å². The molecular weight excluding hydrogens is 330 g/mol. The van der Waals surface area contributed by atoms with Gasteiger partial charge in [0.25, 0.3) is 5.91 Å². The Morgan fingerprint density at radius 1 is 1.12 bits per heavy atom.